The molecule has 0 aromatic heterocycles. The van der Waals surface area contributed by atoms with Crippen molar-refractivity contribution in [2.24, 2.45) is 73.8 Å². The number of carbonyl (C=O) groups is 16. The molecular weight excluding hydrogens is 1660 g/mol. The van der Waals surface area contributed by atoms with E-state index in [1.807, 2.05) is 58.0 Å². The molecule has 0 aliphatic carbocycles. The number of nitrogens with two attached hydrogens (primary N) is 7. The lowest BCUT2D eigenvalue weighted by Crippen LogP contribution is -2.62. The third-order valence-electron chi connectivity index (χ3n) is 20.9. The number of rotatable bonds is 59. The topological polar surface area (TPSA) is 721 Å². The number of aliphatic carboxylic acids is 2. The van der Waals surface area contributed by atoms with Crippen molar-refractivity contribution in [3.8, 4) is 5.75 Å². The van der Waals surface area contributed by atoms with Gasteiger partial charge in [-0.1, -0.05) is 97.9 Å². The number of unbranched alkanes of at least 4 members (excludes halogenated alkanes) is 2. The number of carboxylic acid groups (broad SMARTS) is 2. The Morgan fingerprint density at radius 3 is 1.23 bits per heavy atom. The number of phenolic OH excluding ortho intramolecular Hbond substituents is 1. The van der Waals surface area contributed by atoms with E-state index in [2.05, 4.69) is 79.1 Å². The van der Waals surface area contributed by atoms with Crippen molar-refractivity contribution in [3.63, 3.8) is 0 Å². The maximum atomic E-state index is 15.0. The van der Waals surface area contributed by atoms with Gasteiger partial charge in [-0.05, 0) is 190 Å². The molecule has 3 rings (SSSR count). The number of benzene rings is 2. The van der Waals surface area contributed by atoms with Crippen LogP contribution in [0.5, 0.6) is 5.75 Å². The number of aliphatic imine (C=N–C) groups is 2. The number of carboxylic acids is 2. The van der Waals surface area contributed by atoms with Crippen LogP contribution in [0.1, 0.15) is 196 Å². The lowest BCUT2D eigenvalue weighted by atomic mass is 9.98. The van der Waals surface area contributed by atoms with Crippen molar-refractivity contribution in [2.45, 2.75) is 295 Å². The van der Waals surface area contributed by atoms with Crippen molar-refractivity contribution in [1.29, 1.82) is 0 Å². The highest BCUT2D eigenvalue weighted by molar-refractivity contribution is 6.01. The number of hydrogen-bond donors (Lipinski definition) is 24. The summed E-state index contributed by atoms with van der Waals surface area (Å²) in [6, 6.07) is -6.66. The monoisotopic (exact) mass is 1800 g/mol. The zero-order valence-electron chi connectivity index (χ0n) is 75.4. The van der Waals surface area contributed by atoms with E-state index in [1.165, 1.54) is 45.0 Å². The standard InChI is InChI=1S/C85H141N23O20/c1-45(2)40-61(102-70(114)55(88)43-52-22-13-12-14-23-52)76(120)104-63(42-47(5)6)77(121)103-62(41-46(3)4)75(119)98-57(25-16-18-36-87)74(118)105-64(44-53-29-31-54(110)32-30-53)78(122)99-58(26-19-37-93-84(89)90)71(115)95-49(9)69(113)97-59(27-20-38-94-85(91)92)73(117)101-60(33-34-66(111)112)82(126)108-39-21-28-65(108)79(123)106-67(48(7)8)80(124)107-68(51(11)109)81(125)100-56(24-15-17-35-86)72(116)96-50(10)83(127)128/h12-14,22-23,29-32,45-51,55-65,67-68,109-110H,15-21,24-28,33-44,86-88H2,1-11H3,(H,95,115)(H,96,116)(H,97,113)(H,98,119)(H,99,122)(H,100,125)(H,101,117)(H,102,114)(H,103,121)(H,104,120)(H,105,118)(H,106,123)(H,107,124)(H,111,112)(H,127,128)(H4,89,90,93)(H4,91,92,94)/t49-,50-,51+,55-,56-,57-,58-,59-,60-,61-,62-,63-,64-,65-,67-,68-/m0/s1. The third kappa shape index (κ3) is 40.8. The molecule has 128 heavy (non-hydrogen) atoms. The summed E-state index contributed by atoms with van der Waals surface area (Å²) < 4.78 is 0. The molecule has 2 aromatic carbocycles. The predicted octanol–water partition coefficient (Wildman–Crippen LogP) is -3.67. The Bertz CT molecular complexity index is 4030. The SMILES string of the molecule is CC(C)C[C@H](NC(=O)[C@H](CC(C)C)NC(=O)[C@H](CC(C)C)NC(=O)[C@@H](N)Cc1ccccc1)C(=O)N[C@@H](CCCCN)C(=O)N[C@@H](Cc1ccc(O)cc1)C(=O)N[C@@H](CCCN=C(N)N)C(=O)N[C@@H](C)C(=O)N[C@@H](CCCN=C(N)N)C(=O)N[C@@H](CCC(=O)O)C(=O)N1CCC[C@H]1C(=O)N[C@H](C(=O)N[C@H](C(=O)N[C@@H](CCCCN)C(=O)N[C@@H](C)C(=O)O)[C@@H](C)O)C(C)C. The first-order valence-corrected chi connectivity index (χ1v) is 43.7. The summed E-state index contributed by atoms with van der Waals surface area (Å²) in [6.07, 6.45) is -1.68. The molecule has 1 fully saturated rings. The fraction of sp³-hybridized carbons (Fsp3) is 0.647. The molecule has 1 heterocycles. The normalized spacial score (nSPS) is 16.0. The highest BCUT2D eigenvalue weighted by Crippen LogP contribution is 2.23. The number of phenols is 1. The molecule has 43 nitrogen and oxygen atoms in total. The van der Waals surface area contributed by atoms with Crippen LogP contribution in [0.4, 0.5) is 0 Å². The molecule has 0 spiro atoms. The maximum absolute atomic E-state index is 15.0. The first-order chi connectivity index (χ1) is 60.3. The second kappa shape index (κ2) is 57.1. The molecule has 1 saturated heterocycles. The minimum atomic E-state index is -1.74. The number of amides is 14. The van der Waals surface area contributed by atoms with Crippen LogP contribution in [0, 0.1) is 23.7 Å². The minimum absolute atomic E-state index is 0.00261. The van der Waals surface area contributed by atoms with E-state index in [1.54, 1.807) is 27.7 Å². The summed E-state index contributed by atoms with van der Waals surface area (Å²) in [5, 5.41) is 74.4. The molecule has 2 aromatic rings. The highest BCUT2D eigenvalue weighted by atomic mass is 16.4. The Hall–Kier alpha value is -11.9. The average molecular weight is 1810 g/mol. The van der Waals surface area contributed by atoms with Crippen LogP contribution in [0.15, 0.2) is 64.6 Å². The summed E-state index contributed by atoms with van der Waals surface area (Å²) >= 11 is 0. The molecule has 0 radical (unpaired) electrons. The van der Waals surface area contributed by atoms with Crippen LogP contribution < -0.4 is 109 Å². The molecule has 43 heteroatoms. The summed E-state index contributed by atoms with van der Waals surface area (Å²) in [5.41, 5.74) is 41.5. The van der Waals surface area contributed by atoms with Crippen LogP contribution in [0.25, 0.3) is 0 Å². The Labute approximate surface area is 747 Å². The molecule has 716 valence electrons. The van der Waals surface area contributed by atoms with Gasteiger partial charge in [0.25, 0.3) is 0 Å². The van der Waals surface area contributed by atoms with Crippen molar-refractivity contribution in [2.75, 3.05) is 32.7 Å². The van der Waals surface area contributed by atoms with Crippen molar-refractivity contribution < 1.29 is 97.1 Å². The number of aliphatic hydroxyl groups is 1. The zero-order valence-corrected chi connectivity index (χ0v) is 75.4. The van der Waals surface area contributed by atoms with E-state index in [0.29, 0.717) is 24.8 Å². The van der Waals surface area contributed by atoms with E-state index < -0.39 is 210 Å². The fourth-order valence-corrected chi connectivity index (χ4v) is 13.9. The van der Waals surface area contributed by atoms with Gasteiger partial charge in [0.2, 0.25) is 82.7 Å². The van der Waals surface area contributed by atoms with Crippen LogP contribution in [-0.2, 0) is 89.6 Å². The average Bonchev–Trinajstić information content (AvgIpc) is 1.65. The molecule has 0 unspecified atom stereocenters. The molecule has 14 amide bonds. The van der Waals surface area contributed by atoms with Gasteiger partial charge >= 0.3 is 11.9 Å². The molecular formula is C85H141N23O20. The largest absolute Gasteiger partial charge is 0.508 e. The summed E-state index contributed by atoms with van der Waals surface area (Å²) in [4.78, 5) is 234. The zero-order chi connectivity index (χ0) is 96.2. The van der Waals surface area contributed by atoms with Crippen LogP contribution >= 0.6 is 0 Å². The molecule has 0 saturated carbocycles. The minimum Gasteiger partial charge on any atom is -0.508 e. The number of guanidine groups is 2. The summed E-state index contributed by atoms with van der Waals surface area (Å²) in [5.74, 6) is -17.3. The van der Waals surface area contributed by atoms with Gasteiger partial charge in [0.15, 0.2) is 11.9 Å². The molecule has 0 bridgehead atoms. The van der Waals surface area contributed by atoms with E-state index in [-0.39, 0.29) is 158 Å². The Balaban J connectivity index is 2.00. The van der Waals surface area contributed by atoms with Gasteiger partial charge in [0.1, 0.15) is 90.3 Å². The lowest BCUT2D eigenvalue weighted by Gasteiger charge is -2.32. The quantitative estimate of drug-likeness (QED) is 0.0172. The first kappa shape index (κ1) is 110. The van der Waals surface area contributed by atoms with Crippen molar-refractivity contribution >= 4 is 107 Å². The number of aliphatic hydroxyl groups excluding tert-OH is 1. The second-order valence-corrected chi connectivity index (χ2v) is 34.0. The molecule has 16 atom stereocenters. The van der Waals surface area contributed by atoms with Crippen LogP contribution in [0.2, 0.25) is 0 Å². The van der Waals surface area contributed by atoms with Gasteiger partial charge in [-0.25, -0.2) is 0 Å². The Morgan fingerprint density at radius 2 is 0.797 bits per heavy atom. The fourth-order valence-electron chi connectivity index (χ4n) is 13.9. The number of aromatic hydroxyl groups is 1. The maximum Gasteiger partial charge on any atom is 0.325 e. The summed E-state index contributed by atoms with van der Waals surface area (Å²) in [6.45, 7) is 17.8. The molecule has 1 aliphatic heterocycles. The first-order valence-electron chi connectivity index (χ1n) is 43.7. The van der Waals surface area contributed by atoms with Crippen molar-refractivity contribution in [3.05, 3.63) is 65.7 Å². The van der Waals surface area contributed by atoms with Crippen molar-refractivity contribution in [1.82, 2.24) is 74.0 Å². The van der Waals surface area contributed by atoms with Gasteiger partial charge in [0, 0.05) is 32.5 Å². The van der Waals surface area contributed by atoms with Gasteiger partial charge < -0.3 is 135 Å². The number of nitrogens with one attached hydrogen (secondary N) is 13. The Kier molecular flexibility index (Phi) is 49.2. The molecule has 1 aliphatic rings. The lowest BCUT2D eigenvalue weighted by molar-refractivity contribution is -0.144. The second-order valence-electron chi connectivity index (χ2n) is 34.0. The third-order valence-corrected chi connectivity index (χ3v) is 20.9. The predicted molar refractivity (Wildman–Crippen MR) is 476 cm³/mol. The van der Waals surface area contributed by atoms with E-state index >= 15 is 4.79 Å². The van der Waals surface area contributed by atoms with Gasteiger partial charge in [0.05, 0.1) is 12.1 Å². The van der Waals surface area contributed by atoms with Gasteiger partial charge in [-0.3, -0.25) is 86.7 Å². The Morgan fingerprint density at radius 1 is 0.414 bits per heavy atom. The number of likely N-dealkylation sites (tertiary alicyclic amines) is 1. The molecule has 31 N–H and O–H groups in total. The number of nitrogens with zero attached hydrogens (tertiary/aromatic N) is 3. The van der Waals surface area contributed by atoms with E-state index in [4.69, 9.17) is 40.1 Å². The van der Waals surface area contributed by atoms with E-state index in [9.17, 15) is 92.3 Å². The number of carbonyl (C=O) groups excluding carboxylic acids is 14. The van der Waals surface area contributed by atoms with E-state index in [0.717, 1.165) is 10.5 Å². The van der Waals surface area contributed by atoms with Crippen LogP contribution in [-0.4, -0.2) is 261 Å². The van der Waals surface area contributed by atoms with Crippen LogP contribution in [0.3, 0.4) is 0 Å². The highest BCUT2D eigenvalue weighted by Gasteiger charge is 2.43. The number of hydrogen-bond acceptors (Lipinski definition) is 23. The van der Waals surface area contributed by atoms with Gasteiger partial charge in [-0.15, -0.1) is 0 Å². The smallest absolute Gasteiger partial charge is 0.325 e. The summed E-state index contributed by atoms with van der Waals surface area (Å²) in [7, 11) is 0. The van der Waals surface area contributed by atoms with Gasteiger partial charge in [-0.2, -0.15) is 0 Å².